The zero-order valence-corrected chi connectivity index (χ0v) is 8.21. The molecule has 1 atom stereocenters. The van der Waals surface area contributed by atoms with E-state index in [2.05, 4.69) is 5.10 Å². The van der Waals surface area contributed by atoms with Gasteiger partial charge in [-0.05, 0) is 25.1 Å². The Hall–Kier alpha value is -1.88. The van der Waals surface area contributed by atoms with Crippen molar-refractivity contribution in [3.05, 3.63) is 35.7 Å². The van der Waals surface area contributed by atoms with Crippen LogP contribution in [0.2, 0.25) is 0 Å². The molecular weight excluding hydrogens is 194 g/mol. The molecule has 5 nitrogen and oxygen atoms in total. The van der Waals surface area contributed by atoms with E-state index in [9.17, 15) is 4.79 Å². The molecule has 0 amide bonds. The second kappa shape index (κ2) is 3.36. The summed E-state index contributed by atoms with van der Waals surface area (Å²) in [7, 11) is 0. The number of hydrogen-bond donors (Lipinski definition) is 2. The first-order valence-corrected chi connectivity index (χ1v) is 4.53. The predicted octanol–water partition coefficient (Wildman–Crippen LogP) is 0.727. The van der Waals surface area contributed by atoms with Crippen molar-refractivity contribution in [2.45, 2.75) is 13.0 Å². The molecule has 2 aromatic rings. The number of aryl methyl sites for hydroxylation is 1. The molecule has 0 radical (unpaired) electrons. The lowest BCUT2D eigenvalue weighted by Crippen LogP contribution is -2.23. The van der Waals surface area contributed by atoms with Crippen molar-refractivity contribution in [3.8, 4) is 0 Å². The van der Waals surface area contributed by atoms with Crippen molar-refractivity contribution in [2.75, 3.05) is 0 Å². The van der Waals surface area contributed by atoms with Gasteiger partial charge in [-0.15, -0.1) is 0 Å². The van der Waals surface area contributed by atoms with E-state index in [1.54, 1.807) is 16.6 Å². The zero-order valence-electron chi connectivity index (χ0n) is 8.21. The Kier molecular flexibility index (Phi) is 2.17. The van der Waals surface area contributed by atoms with Crippen molar-refractivity contribution in [1.82, 2.24) is 9.61 Å². The molecule has 5 heteroatoms. The fourth-order valence-electron chi connectivity index (χ4n) is 1.52. The molecule has 0 fully saturated rings. The molecule has 2 heterocycles. The first-order valence-electron chi connectivity index (χ1n) is 4.53. The van der Waals surface area contributed by atoms with Crippen molar-refractivity contribution in [2.24, 2.45) is 5.73 Å². The van der Waals surface area contributed by atoms with E-state index >= 15 is 0 Å². The fourth-order valence-corrected chi connectivity index (χ4v) is 1.52. The average Bonchev–Trinajstić information content (AvgIpc) is 2.56. The van der Waals surface area contributed by atoms with E-state index in [4.69, 9.17) is 10.8 Å². The summed E-state index contributed by atoms with van der Waals surface area (Å²) in [5.41, 5.74) is 7.71. The molecular formula is C10H11N3O2. The molecule has 78 valence electrons. The quantitative estimate of drug-likeness (QED) is 0.757. The zero-order chi connectivity index (χ0) is 11.0. The highest BCUT2D eigenvalue weighted by molar-refractivity contribution is 5.75. The van der Waals surface area contributed by atoms with Crippen molar-refractivity contribution in [3.63, 3.8) is 0 Å². The van der Waals surface area contributed by atoms with Gasteiger partial charge in [0.05, 0.1) is 16.9 Å². The van der Waals surface area contributed by atoms with Gasteiger partial charge < -0.3 is 10.8 Å². The number of aromatic nitrogens is 2. The van der Waals surface area contributed by atoms with Crippen LogP contribution in [-0.4, -0.2) is 20.7 Å². The number of rotatable bonds is 2. The number of fused-ring (bicyclic) bond motifs is 1. The smallest absolute Gasteiger partial charge is 0.326 e. The molecule has 3 N–H and O–H groups in total. The molecule has 0 aliphatic heterocycles. The summed E-state index contributed by atoms with van der Waals surface area (Å²) in [5.74, 6) is -1.06. The Balaban J connectivity index is 2.64. The number of carbonyl (C=O) groups is 1. The summed E-state index contributed by atoms with van der Waals surface area (Å²) in [6.45, 7) is 1.85. The van der Waals surface area contributed by atoms with E-state index < -0.39 is 12.0 Å². The SMILES string of the molecule is Cc1cc2cccc(C(N)C(=O)O)n2n1. The van der Waals surface area contributed by atoms with Crippen LogP contribution in [0.25, 0.3) is 5.52 Å². The second-order valence-electron chi connectivity index (χ2n) is 3.39. The van der Waals surface area contributed by atoms with Gasteiger partial charge >= 0.3 is 5.97 Å². The lowest BCUT2D eigenvalue weighted by Gasteiger charge is -2.08. The van der Waals surface area contributed by atoms with Gasteiger partial charge in [0.15, 0.2) is 0 Å². The largest absolute Gasteiger partial charge is 0.480 e. The monoisotopic (exact) mass is 205 g/mol. The van der Waals surface area contributed by atoms with Crippen LogP contribution in [0.1, 0.15) is 17.4 Å². The molecule has 0 aromatic carbocycles. The standard InChI is InChI=1S/C10H11N3O2/c1-6-5-7-3-2-4-8(13(7)12-6)9(11)10(14)15/h2-5,9H,11H2,1H3,(H,14,15). The molecule has 0 aliphatic rings. The Labute approximate surface area is 86.1 Å². The third-order valence-corrected chi connectivity index (χ3v) is 2.22. The molecule has 0 saturated heterocycles. The fraction of sp³-hybridized carbons (Fsp3) is 0.200. The Morgan fingerprint density at radius 1 is 1.60 bits per heavy atom. The van der Waals surface area contributed by atoms with Crippen molar-refractivity contribution >= 4 is 11.5 Å². The van der Waals surface area contributed by atoms with E-state index in [1.807, 2.05) is 19.1 Å². The summed E-state index contributed by atoms with van der Waals surface area (Å²) < 4.78 is 1.56. The molecule has 0 spiro atoms. The van der Waals surface area contributed by atoms with E-state index in [0.717, 1.165) is 11.2 Å². The lowest BCUT2D eigenvalue weighted by molar-refractivity contribution is -0.138. The molecule has 2 rings (SSSR count). The minimum absolute atomic E-state index is 0.480. The summed E-state index contributed by atoms with van der Waals surface area (Å²) in [6, 6.07) is 6.12. The normalized spacial score (nSPS) is 12.9. The maximum absolute atomic E-state index is 10.8. The summed E-state index contributed by atoms with van der Waals surface area (Å²) in [6.07, 6.45) is 0. The number of carboxylic acid groups (broad SMARTS) is 1. The number of nitrogens with two attached hydrogens (primary N) is 1. The molecule has 0 bridgehead atoms. The van der Waals surface area contributed by atoms with Crippen LogP contribution in [0.4, 0.5) is 0 Å². The van der Waals surface area contributed by atoms with E-state index in [1.165, 1.54) is 0 Å². The third-order valence-electron chi connectivity index (χ3n) is 2.22. The van der Waals surface area contributed by atoms with Crippen LogP contribution < -0.4 is 5.73 Å². The maximum Gasteiger partial charge on any atom is 0.326 e. The van der Waals surface area contributed by atoms with Gasteiger partial charge in [0.1, 0.15) is 6.04 Å². The number of pyridine rings is 1. The lowest BCUT2D eigenvalue weighted by atomic mass is 10.2. The predicted molar refractivity (Wildman–Crippen MR) is 54.5 cm³/mol. The van der Waals surface area contributed by atoms with E-state index in [-0.39, 0.29) is 0 Å². The van der Waals surface area contributed by atoms with Gasteiger partial charge in [-0.25, -0.2) is 4.52 Å². The number of hydrogen-bond acceptors (Lipinski definition) is 3. The van der Waals surface area contributed by atoms with Crippen LogP contribution in [0.5, 0.6) is 0 Å². The Morgan fingerprint density at radius 3 is 3.00 bits per heavy atom. The topological polar surface area (TPSA) is 80.6 Å². The van der Waals surface area contributed by atoms with Crippen LogP contribution in [0.3, 0.4) is 0 Å². The molecule has 0 saturated carbocycles. The minimum Gasteiger partial charge on any atom is -0.480 e. The summed E-state index contributed by atoms with van der Waals surface area (Å²) >= 11 is 0. The van der Waals surface area contributed by atoms with Crippen LogP contribution in [0, 0.1) is 6.92 Å². The van der Waals surface area contributed by atoms with Crippen LogP contribution >= 0.6 is 0 Å². The van der Waals surface area contributed by atoms with Gasteiger partial charge in [0.25, 0.3) is 0 Å². The highest BCUT2D eigenvalue weighted by atomic mass is 16.4. The van der Waals surface area contributed by atoms with Gasteiger partial charge in [0, 0.05) is 0 Å². The third kappa shape index (κ3) is 1.57. The summed E-state index contributed by atoms with van der Waals surface area (Å²) in [4.78, 5) is 10.8. The highest BCUT2D eigenvalue weighted by Gasteiger charge is 2.17. The highest BCUT2D eigenvalue weighted by Crippen LogP contribution is 2.14. The molecule has 2 aromatic heterocycles. The summed E-state index contributed by atoms with van der Waals surface area (Å²) in [5, 5.41) is 13.0. The van der Waals surface area contributed by atoms with Crippen LogP contribution in [0.15, 0.2) is 24.3 Å². The van der Waals surface area contributed by atoms with Gasteiger partial charge in [-0.2, -0.15) is 5.10 Å². The number of aliphatic carboxylic acids is 1. The van der Waals surface area contributed by atoms with Gasteiger partial charge in [0.2, 0.25) is 0 Å². The van der Waals surface area contributed by atoms with Crippen molar-refractivity contribution < 1.29 is 9.90 Å². The Morgan fingerprint density at radius 2 is 2.33 bits per heavy atom. The van der Waals surface area contributed by atoms with E-state index in [0.29, 0.717) is 5.69 Å². The number of carboxylic acids is 1. The van der Waals surface area contributed by atoms with Crippen molar-refractivity contribution in [1.29, 1.82) is 0 Å². The van der Waals surface area contributed by atoms with Crippen LogP contribution in [-0.2, 0) is 4.79 Å². The van der Waals surface area contributed by atoms with Gasteiger partial charge in [-0.1, -0.05) is 6.07 Å². The minimum atomic E-state index is -1.06. The first-order chi connectivity index (χ1) is 7.09. The second-order valence-corrected chi connectivity index (χ2v) is 3.39. The Bertz CT molecular complexity index is 518. The average molecular weight is 205 g/mol. The molecule has 15 heavy (non-hydrogen) atoms. The number of nitrogens with zero attached hydrogens (tertiary/aromatic N) is 2. The molecule has 0 aliphatic carbocycles. The molecule has 1 unspecified atom stereocenters. The van der Waals surface area contributed by atoms with Gasteiger partial charge in [-0.3, -0.25) is 4.79 Å². The first kappa shape index (κ1) is 9.67. The maximum atomic E-state index is 10.8.